The van der Waals surface area contributed by atoms with Gasteiger partial charge in [0.25, 0.3) is 5.91 Å². The van der Waals surface area contributed by atoms with Gasteiger partial charge in [-0.2, -0.15) is 13.2 Å². The Kier molecular flexibility index (Phi) is 5.72. The van der Waals surface area contributed by atoms with E-state index >= 15 is 0 Å². The summed E-state index contributed by atoms with van der Waals surface area (Å²) in [7, 11) is 0. The van der Waals surface area contributed by atoms with Gasteiger partial charge in [-0.15, -0.1) is 0 Å². The molecule has 1 aromatic carbocycles. The third-order valence-electron chi connectivity index (χ3n) is 4.13. The van der Waals surface area contributed by atoms with Gasteiger partial charge in [-0.25, -0.2) is 0 Å². The summed E-state index contributed by atoms with van der Waals surface area (Å²) >= 11 is 5.10. The maximum absolute atomic E-state index is 13.4. The quantitative estimate of drug-likeness (QED) is 0.797. The molecule has 1 amide bonds. The fourth-order valence-electron chi connectivity index (χ4n) is 2.90. The Balaban J connectivity index is 2.60. The van der Waals surface area contributed by atoms with Gasteiger partial charge < -0.3 is 15.5 Å². The number of thiocarbonyl (C=S) groups is 1. The molecule has 0 saturated heterocycles. The van der Waals surface area contributed by atoms with Crippen LogP contribution >= 0.6 is 12.2 Å². The first-order chi connectivity index (χ1) is 11.7. The number of hydrogen-bond acceptors (Lipinski definition) is 2. The molecule has 0 bridgehead atoms. The first-order valence-electron chi connectivity index (χ1n) is 7.94. The number of allylic oxidation sites excluding steroid dienone is 1. The summed E-state index contributed by atoms with van der Waals surface area (Å²) in [5.74, 6) is -0.313. The monoisotopic (exact) mass is 371 g/mol. The number of rotatable bonds is 4. The summed E-state index contributed by atoms with van der Waals surface area (Å²) in [5.41, 5.74) is -0.0971. The van der Waals surface area contributed by atoms with Crippen LogP contribution < -0.4 is 10.6 Å². The summed E-state index contributed by atoms with van der Waals surface area (Å²) in [4.78, 5) is 14.5. The van der Waals surface area contributed by atoms with Crippen LogP contribution in [0.15, 0.2) is 35.5 Å². The van der Waals surface area contributed by atoms with Crippen molar-refractivity contribution in [2.45, 2.75) is 33.0 Å². The zero-order valence-electron chi connectivity index (χ0n) is 14.2. The van der Waals surface area contributed by atoms with Crippen LogP contribution in [-0.4, -0.2) is 29.0 Å². The van der Waals surface area contributed by atoms with Gasteiger partial charge in [0.2, 0.25) is 0 Å². The number of nitrogens with one attached hydrogen (secondary N) is 2. The molecular formula is C17H20F3N3OS. The van der Waals surface area contributed by atoms with Crippen molar-refractivity contribution in [1.29, 1.82) is 0 Å². The van der Waals surface area contributed by atoms with Crippen LogP contribution in [0.3, 0.4) is 0 Å². The fourth-order valence-corrected chi connectivity index (χ4v) is 3.17. The maximum atomic E-state index is 13.4. The molecule has 1 aromatic rings. The van der Waals surface area contributed by atoms with Crippen molar-refractivity contribution in [3.05, 3.63) is 46.7 Å². The normalized spacial score (nSPS) is 17.8. The predicted octanol–water partition coefficient (Wildman–Crippen LogP) is 3.37. The van der Waals surface area contributed by atoms with Crippen LogP contribution in [0.1, 0.15) is 37.9 Å². The Morgan fingerprint density at radius 1 is 1.24 bits per heavy atom. The number of alkyl halides is 3. The average Bonchev–Trinajstić information content (AvgIpc) is 2.54. The molecule has 1 atom stereocenters. The third-order valence-corrected chi connectivity index (χ3v) is 4.35. The number of nitrogens with zero attached hydrogens (tertiary/aromatic N) is 1. The lowest BCUT2D eigenvalue weighted by Crippen LogP contribution is -2.48. The second-order valence-corrected chi connectivity index (χ2v) is 6.04. The van der Waals surface area contributed by atoms with Gasteiger partial charge in [-0.1, -0.05) is 18.2 Å². The number of likely N-dealkylation sites (N-methyl/N-ethyl adjacent to an activating group) is 1. The second kappa shape index (κ2) is 7.43. The van der Waals surface area contributed by atoms with E-state index in [9.17, 15) is 18.0 Å². The molecule has 4 nitrogen and oxygen atoms in total. The summed E-state index contributed by atoms with van der Waals surface area (Å²) in [6.07, 6.45) is -4.53. The van der Waals surface area contributed by atoms with Crippen molar-refractivity contribution in [2.24, 2.45) is 0 Å². The van der Waals surface area contributed by atoms with Crippen LogP contribution in [0.4, 0.5) is 13.2 Å². The summed E-state index contributed by atoms with van der Waals surface area (Å²) in [5, 5.41) is 5.86. The lowest BCUT2D eigenvalue weighted by molar-refractivity contribution is -0.138. The van der Waals surface area contributed by atoms with E-state index in [0.717, 1.165) is 6.07 Å². The lowest BCUT2D eigenvalue weighted by Gasteiger charge is -2.34. The average molecular weight is 371 g/mol. The van der Waals surface area contributed by atoms with E-state index in [-0.39, 0.29) is 22.2 Å². The Bertz CT molecular complexity index is 711. The van der Waals surface area contributed by atoms with Gasteiger partial charge in [-0.05, 0) is 44.6 Å². The topological polar surface area (TPSA) is 44.4 Å². The minimum absolute atomic E-state index is 0.0197. The molecule has 136 valence electrons. The van der Waals surface area contributed by atoms with Crippen LogP contribution in [0, 0.1) is 0 Å². The largest absolute Gasteiger partial charge is 0.416 e. The molecule has 1 aliphatic rings. The Hall–Kier alpha value is -2.09. The molecule has 0 radical (unpaired) electrons. The standard InChI is InChI=1S/C17H20F3N3OS/c1-4-23(5-2)15(24)13-10(3)21-16(25)22-14(13)11-8-6-7-9-12(11)17(18,19)20/h6-9,14H,4-5H2,1-3H3,(H2,21,22,25). The van der Waals surface area contributed by atoms with Gasteiger partial charge in [0.1, 0.15) is 0 Å². The molecule has 2 N–H and O–H groups in total. The van der Waals surface area contributed by atoms with Crippen LogP contribution in [-0.2, 0) is 11.0 Å². The number of halogens is 3. The highest BCUT2D eigenvalue weighted by Crippen LogP contribution is 2.38. The van der Waals surface area contributed by atoms with Crippen molar-refractivity contribution >= 4 is 23.2 Å². The van der Waals surface area contributed by atoms with E-state index in [2.05, 4.69) is 10.6 Å². The minimum Gasteiger partial charge on any atom is -0.351 e. The van der Waals surface area contributed by atoms with Crippen molar-refractivity contribution in [2.75, 3.05) is 13.1 Å². The van der Waals surface area contributed by atoms with Gasteiger partial charge in [0.05, 0.1) is 17.2 Å². The van der Waals surface area contributed by atoms with E-state index in [1.807, 2.05) is 13.8 Å². The van der Waals surface area contributed by atoms with Crippen LogP contribution in [0.2, 0.25) is 0 Å². The number of carbonyl (C=O) groups is 1. The molecule has 0 spiro atoms. The van der Waals surface area contributed by atoms with Crippen molar-refractivity contribution < 1.29 is 18.0 Å². The molecule has 1 aliphatic heterocycles. The van der Waals surface area contributed by atoms with Crippen LogP contribution in [0.25, 0.3) is 0 Å². The van der Waals surface area contributed by atoms with E-state index in [0.29, 0.717) is 18.8 Å². The van der Waals surface area contributed by atoms with Gasteiger partial charge in [-0.3, -0.25) is 4.79 Å². The van der Waals surface area contributed by atoms with E-state index in [1.165, 1.54) is 18.2 Å². The molecule has 25 heavy (non-hydrogen) atoms. The highest BCUT2D eigenvalue weighted by molar-refractivity contribution is 7.80. The van der Waals surface area contributed by atoms with E-state index in [4.69, 9.17) is 12.2 Å². The van der Waals surface area contributed by atoms with Crippen LogP contribution in [0.5, 0.6) is 0 Å². The summed E-state index contributed by atoms with van der Waals surface area (Å²) in [6.45, 7) is 6.22. The van der Waals surface area contributed by atoms with Crippen molar-refractivity contribution in [3.8, 4) is 0 Å². The molecule has 0 aliphatic carbocycles. The molecule has 1 heterocycles. The summed E-state index contributed by atoms with van der Waals surface area (Å²) < 4.78 is 40.3. The summed E-state index contributed by atoms with van der Waals surface area (Å²) in [6, 6.07) is 4.27. The number of amides is 1. The molecule has 0 aromatic heterocycles. The first-order valence-corrected chi connectivity index (χ1v) is 8.35. The second-order valence-electron chi connectivity index (χ2n) is 5.63. The number of hydrogen-bond donors (Lipinski definition) is 2. The highest BCUT2D eigenvalue weighted by atomic mass is 32.1. The Morgan fingerprint density at radius 2 is 1.84 bits per heavy atom. The first kappa shape index (κ1) is 19.2. The highest BCUT2D eigenvalue weighted by Gasteiger charge is 2.39. The Morgan fingerprint density at radius 3 is 2.40 bits per heavy atom. The van der Waals surface area contributed by atoms with Crippen molar-refractivity contribution in [3.63, 3.8) is 0 Å². The van der Waals surface area contributed by atoms with E-state index in [1.54, 1.807) is 11.8 Å². The van der Waals surface area contributed by atoms with E-state index < -0.39 is 17.8 Å². The van der Waals surface area contributed by atoms with Gasteiger partial charge in [0, 0.05) is 18.8 Å². The number of carbonyl (C=O) groups excluding carboxylic acids is 1. The van der Waals surface area contributed by atoms with Gasteiger partial charge >= 0.3 is 6.18 Å². The van der Waals surface area contributed by atoms with Gasteiger partial charge in [0.15, 0.2) is 5.11 Å². The predicted molar refractivity (Wildman–Crippen MR) is 93.7 cm³/mol. The third kappa shape index (κ3) is 3.95. The Labute approximate surface area is 150 Å². The SMILES string of the molecule is CCN(CC)C(=O)C1=C(C)NC(=S)NC1c1ccccc1C(F)(F)F. The lowest BCUT2D eigenvalue weighted by atomic mass is 9.91. The molecule has 0 saturated carbocycles. The molecule has 8 heteroatoms. The fraction of sp³-hybridized carbons (Fsp3) is 0.412. The van der Waals surface area contributed by atoms with Crippen molar-refractivity contribution in [1.82, 2.24) is 15.5 Å². The molecular weight excluding hydrogens is 351 g/mol. The molecule has 1 unspecified atom stereocenters. The maximum Gasteiger partial charge on any atom is 0.416 e. The smallest absolute Gasteiger partial charge is 0.351 e. The minimum atomic E-state index is -4.53. The zero-order chi connectivity index (χ0) is 18.8. The molecule has 0 fully saturated rings. The number of benzene rings is 1. The molecule has 2 rings (SSSR count). The zero-order valence-corrected chi connectivity index (χ0v) is 15.0.